The Hall–Kier alpha value is -1.06. The smallest absolute Gasteiger partial charge is 0.326 e. The van der Waals surface area contributed by atoms with Crippen molar-refractivity contribution in [2.75, 3.05) is 6.54 Å². The van der Waals surface area contributed by atoms with E-state index in [1.807, 2.05) is 27.7 Å². The largest absolute Gasteiger partial charge is 0.480 e. The number of hydrogen-bond acceptors (Lipinski definition) is 2. The molecule has 4 heteroatoms. The highest BCUT2D eigenvalue weighted by Gasteiger charge is 2.35. The van der Waals surface area contributed by atoms with Gasteiger partial charge < -0.3 is 10.0 Å². The molecule has 0 aliphatic carbocycles. The van der Waals surface area contributed by atoms with E-state index in [1.165, 1.54) is 0 Å². The SMILES string of the molecule is CC1CCN(C(=O)CC(C)(C)C)C(C(=O)O)C1. The number of carbonyl (C=O) groups excluding carboxylic acids is 1. The molecule has 98 valence electrons. The molecule has 1 fully saturated rings. The predicted molar refractivity (Wildman–Crippen MR) is 65.6 cm³/mol. The van der Waals surface area contributed by atoms with Gasteiger partial charge in [0.25, 0.3) is 0 Å². The number of carbonyl (C=O) groups is 2. The third-order valence-corrected chi connectivity index (χ3v) is 3.15. The molecule has 1 heterocycles. The van der Waals surface area contributed by atoms with Gasteiger partial charge in [-0.2, -0.15) is 0 Å². The maximum atomic E-state index is 12.1. The van der Waals surface area contributed by atoms with Crippen molar-refractivity contribution in [3.8, 4) is 0 Å². The van der Waals surface area contributed by atoms with Gasteiger partial charge in [0.1, 0.15) is 6.04 Å². The van der Waals surface area contributed by atoms with E-state index in [0.29, 0.717) is 25.3 Å². The van der Waals surface area contributed by atoms with Gasteiger partial charge in [-0.1, -0.05) is 27.7 Å². The molecule has 0 aromatic heterocycles. The van der Waals surface area contributed by atoms with E-state index in [4.69, 9.17) is 0 Å². The van der Waals surface area contributed by atoms with Crippen LogP contribution in [0.15, 0.2) is 0 Å². The standard InChI is InChI=1S/C13H23NO3/c1-9-5-6-14(10(7-9)12(16)17)11(15)8-13(2,3)4/h9-10H,5-8H2,1-4H3,(H,16,17). The van der Waals surface area contributed by atoms with Gasteiger partial charge in [0.15, 0.2) is 0 Å². The molecule has 1 saturated heterocycles. The van der Waals surface area contributed by atoms with E-state index in [-0.39, 0.29) is 11.3 Å². The minimum absolute atomic E-state index is 0.0307. The molecule has 1 rings (SSSR count). The van der Waals surface area contributed by atoms with Crippen molar-refractivity contribution >= 4 is 11.9 Å². The number of aliphatic carboxylic acids is 1. The van der Waals surface area contributed by atoms with E-state index in [1.54, 1.807) is 4.90 Å². The van der Waals surface area contributed by atoms with E-state index in [0.717, 1.165) is 6.42 Å². The molecule has 0 aromatic carbocycles. The zero-order chi connectivity index (χ0) is 13.2. The third kappa shape index (κ3) is 4.02. The van der Waals surface area contributed by atoms with Crippen LogP contribution in [0, 0.1) is 11.3 Å². The summed E-state index contributed by atoms with van der Waals surface area (Å²) >= 11 is 0. The first-order valence-corrected chi connectivity index (χ1v) is 6.23. The number of amides is 1. The van der Waals surface area contributed by atoms with Crippen LogP contribution in [0.1, 0.15) is 47.0 Å². The molecule has 1 N–H and O–H groups in total. The van der Waals surface area contributed by atoms with Gasteiger partial charge in [0, 0.05) is 13.0 Å². The molecule has 0 radical (unpaired) electrons. The van der Waals surface area contributed by atoms with Gasteiger partial charge in [-0.3, -0.25) is 4.79 Å². The van der Waals surface area contributed by atoms with Crippen molar-refractivity contribution in [1.82, 2.24) is 4.90 Å². The summed E-state index contributed by atoms with van der Waals surface area (Å²) in [4.78, 5) is 24.8. The van der Waals surface area contributed by atoms with Crippen molar-refractivity contribution in [2.45, 2.75) is 53.0 Å². The fourth-order valence-electron chi connectivity index (χ4n) is 2.23. The van der Waals surface area contributed by atoms with Crippen LogP contribution >= 0.6 is 0 Å². The fourth-order valence-corrected chi connectivity index (χ4v) is 2.23. The minimum atomic E-state index is -0.876. The molecule has 17 heavy (non-hydrogen) atoms. The quantitative estimate of drug-likeness (QED) is 0.805. The minimum Gasteiger partial charge on any atom is -0.480 e. The Morgan fingerprint density at radius 3 is 2.41 bits per heavy atom. The molecule has 0 spiro atoms. The molecule has 2 atom stereocenters. The Morgan fingerprint density at radius 1 is 1.35 bits per heavy atom. The van der Waals surface area contributed by atoms with Crippen LogP contribution in [0.2, 0.25) is 0 Å². The summed E-state index contributed by atoms with van der Waals surface area (Å²) in [6.07, 6.45) is 1.88. The second kappa shape index (κ2) is 5.07. The predicted octanol–water partition coefficient (Wildman–Crippen LogP) is 2.13. The molecule has 2 unspecified atom stereocenters. The van der Waals surface area contributed by atoms with Crippen LogP contribution in [0.3, 0.4) is 0 Å². The van der Waals surface area contributed by atoms with Crippen LogP contribution in [0.5, 0.6) is 0 Å². The number of likely N-dealkylation sites (tertiary alicyclic amines) is 1. The topological polar surface area (TPSA) is 57.6 Å². The lowest BCUT2D eigenvalue weighted by Crippen LogP contribution is -2.50. The Labute approximate surface area is 103 Å². The molecule has 1 aliphatic rings. The van der Waals surface area contributed by atoms with E-state index >= 15 is 0 Å². The first kappa shape index (κ1) is 14.0. The normalized spacial score (nSPS) is 25.8. The highest BCUT2D eigenvalue weighted by atomic mass is 16.4. The Morgan fingerprint density at radius 2 is 1.94 bits per heavy atom. The second-order valence-electron chi connectivity index (χ2n) is 6.31. The van der Waals surface area contributed by atoms with Gasteiger partial charge >= 0.3 is 5.97 Å². The lowest BCUT2D eigenvalue weighted by Gasteiger charge is -2.37. The van der Waals surface area contributed by atoms with Crippen LogP contribution < -0.4 is 0 Å². The van der Waals surface area contributed by atoms with Crippen molar-refractivity contribution < 1.29 is 14.7 Å². The highest BCUT2D eigenvalue weighted by molar-refractivity contribution is 5.84. The summed E-state index contributed by atoms with van der Waals surface area (Å²) in [5.41, 5.74) is -0.0940. The van der Waals surface area contributed by atoms with Gasteiger partial charge in [0.2, 0.25) is 5.91 Å². The molecule has 4 nitrogen and oxygen atoms in total. The number of carboxylic acids is 1. The molecule has 0 saturated carbocycles. The molecule has 0 bridgehead atoms. The zero-order valence-electron chi connectivity index (χ0n) is 11.2. The van der Waals surface area contributed by atoms with Crippen molar-refractivity contribution in [1.29, 1.82) is 0 Å². The molecular weight excluding hydrogens is 218 g/mol. The fraction of sp³-hybridized carbons (Fsp3) is 0.846. The van der Waals surface area contributed by atoms with Crippen molar-refractivity contribution in [3.63, 3.8) is 0 Å². The zero-order valence-corrected chi connectivity index (χ0v) is 11.2. The van der Waals surface area contributed by atoms with Crippen LogP contribution in [-0.4, -0.2) is 34.5 Å². The Bertz CT molecular complexity index is 306. The first-order chi connectivity index (χ1) is 7.70. The number of piperidine rings is 1. The lowest BCUT2D eigenvalue weighted by atomic mass is 9.88. The molecule has 1 amide bonds. The van der Waals surface area contributed by atoms with Crippen LogP contribution in [-0.2, 0) is 9.59 Å². The average Bonchev–Trinajstić information content (AvgIpc) is 2.14. The summed E-state index contributed by atoms with van der Waals surface area (Å²) in [7, 11) is 0. The second-order valence-corrected chi connectivity index (χ2v) is 6.31. The third-order valence-electron chi connectivity index (χ3n) is 3.15. The van der Waals surface area contributed by atoms with E-state index < -0.39 is 12.0 Å². The number of carboxylic acid groups (broad SMARTS) is 1. The van der Waals surface area contributed by atoms with E-state index in [2.05, 4.69) is 0 Å². The molecule has 1 aliphatic heterocycles. The van der Waals surface area contributed by atoms with E-state index in [9.17, 15) is 14.7 Å². The Balaban J connectivity index is 2.73. The summed E-state index contributed by atoms with van der Waals surface area (Å²) in [5.74, 6) is -0.523. The lowest BCUT2D eigenvalue weighted by molar-refractivity contribution is -0.153. The summed E-state index contributed by atoms with van der Waals surface area (Å²) in [6, 6.07) is -0.631. The average molecular weight is 241 g/mol. The maximum Gasteiger partial charge on any atom is 0.326 e. The van der Waals surface area contributed by atoms with Gasteiger partial charge in [-0.05, 0) is 24.2 Å². The summed E-state index contributed by atoms with van der Waals surface area (Å²) in [6.45, 7) is 8.60. The molecular formula is C13H23NO3. The number of rotatable bonds is 2. The number of hydrogen-bond donors (Lipinski definition) is 1. The highest BCUT2D eigenvalue weighted by Crippen LogP contribution is 2.26. The van der Waals surface area contributed by atoms with Crippen molar-refractivity contribution in [3.05, 3.63) is 0 Å². The maximum absolute atomic E-state index is 12.1. The molecule has 0 aromatic rings. The van der Waals surface area contributed by atoms with Crippen molar-refractivity contribution in [2.24, 2.45) is 11.3 Å². The van der Waals surface area contributed by atoms with Gasteiger partial charge in [-0.15, -0.1) is 0 Å². The van der Waals surface area contributed by atoms with Gasteiger partial charge in [0.05, 0.1) is 0 Å². The number of nitrogens with zero attached hydrogens (tertiary/aromatic N) is 1. The first-order valence-electron chi connectivity index (χ1n) is 6.23. The van der Waals surface area contributed by atoms with Crippen LogP contribution in [0.25, 0.3) is 0 Å². The van der Waals surface area contributed by atoms with Gasteiger partial charge in [-0.25, -0.2) is 4.79 Å². The van der Waals surface area contributed by atoms with Crippen LogP contribution in [0.4, 0.5) is 0 Å². The Kier molecular flexibility index (Phi) is 4.17. The monoisotopic (exact) mass is 241 g/mol. The summed E-state index contributed by atoms with van der Waals surface area (Å²) < 4.78 is 0. The summed E-state index contributed by atoms with van der Waals surface area (Å²) in [5, 5.41) is 9.18.